The Labute approximate surface area is 207 Å². The first kappa shape index (κ1) is 25.9. The van der Waals surface area contributed by atoms with E-state index >= 15 is 0 Å². The van der Waals surface area contributed by atoms with E-state index in [1.807, 2.05) is 0 Å². The summed E-state index contributed by atoms with van der Waals surface area (Å²) in [5, 5.41) is 22.4. The Kier molecular flexibility index (Phi) is 6.25. The van der Waals surface area contributed by atoms with Gasteiger partial charge < -0.3 is 23.8 Å². The number of aromatic nitrogens is 2. The molecular weight excluding hydrogens is 470 g/mol. The van der Waals surface area contributed by atoms with Gasteiger partial charge in [0.2, 0.25) is 11.8 Å². The van der Waals surface area contributed by atoms with E-state index in [4.69, 9.17) is 13.6 Å². The van der Waals surface area contributed by atoms with Gasteiger partial charge in [0, 0.05) is 6.54 Å². The summed E-state index contributed by atoms with van der Waals surface area (Å²) in [5.41, 5.74) is -0.718. The topological polar surface area (TPSA) is 130 Å². The van der Waals surface area contributed by atoms with E-state index in [0.29, 0.717) is 18.9 Å². The Bertz CT molecular complexity index is 980. The monoisotopic (exact) mass is 509 g/mol. The number of fused-ring (bicyclic) bond motifs is 3. The zero-order valence-electron chi connectivity index (χ0n) is 22.0. The lowest BCUT2D eigenvalue weighted by Crippen LogP contribution is -2.44. The number of ether oxygens (including phenoxy) is 1. The molecule has 2 aliphatic heterocycles. The number of urea groups is 1. The van der Waals surface area contributed by atoms with Crippen LogP contribution < -0.4 is 5.32 Å². The first-order valence-corrected chi connectivity index (χ1v) is 15.2. The van der Waals surface area contributed by atoms with E-state index < -0.39 is 38.2 Å². The van der Waals surface area contributed by atoms with Crippen LogP contribution in [-0.2, 0) is 9.16 Å². The molecule has 3 aliphatic rings. The molecule has 3 fully saturated rings. The second-order valence-electron chi connectivity index (χ2n) is 12.6. The Morgan fingerprint density at radius 3 is 2.49 bits per heavy atom. The van der Waals surface area contributed by atoms with Gasteiger partial charge in [0.1, 0.15) is 17.7 Å². The van der Waals surface area contributed by atoms with Crippen molar-refractivity contribution in [3.05, 3.63) is 11.8 Å². The number of amides is 3. The smallest absolute Gasteiger partial charge is 0.407 e. The van der Waals surface area contributed by atoms with Crippen LogP contribution in [-0.4, -0.2) is 70.5 Å². The lowest BCUT2D eigenvalue weighted by Gasteiger charge is -2.38. The number of rotatable bonds is 6. The molecule has 1 saturated carbocycles. The fraction of sp³-hybridized carbons (Fsp3) is 0.826. The van der Waals surface area contributed by atoms with Crippen molar-refractivity contribution in [2.45, 2.75) is 103 Å². The third-order valence-electron chi connectivity index (χ3n) is 7.77. The minimum absolute atomic E-state index is 0.0800. The molecule has 3 atom stereocenters. The molecule has 1 aromatic heterocycles. The fourth-order valence-electron chi connectivity index (χ4n) is 4.58. The van der Waals surface area contributed by atoms with Crippen LogP contribution in [0.4, 0.5) is 9.59 Å². The molecule has 0 radical (unpaired) electrons. The van der Waals surface area contributed by atoms with Gasteiger partial charge in [-0.15, -0.1) is 10.2 Å². The van der Waals surface area contributed by atoms with E-state index in [1.165, 1.54) is 0 Å². The van der Waals surface area contributed by atoms with Crippen LogP contribution in [0, 0.1) is 5.41 Å². The number of carbonyl (C=O) groups is 2. The number of hydrogen-bond donors (Lipinski definition) is 2. The van der Waals surface area contributed by atoms with Crippen molar-refractivity contribution in [1.82, 2.24) is 25.5 Å². The molecule has 0 aromatic carbocycles. The predicted molar refractivity (Wildman–Crippen MR) is 128 cm³/mol. The third-order valence-corrected chi connectivity index (χ3v) is 12.3. The minimum Gasteiger partial charge on any atom is -0.444 e. The number of nitrogens with one attached hydrogen (secondary N) is 1. The molecule has 11 nitrogen and oxygen atoms in total. The molecule has 12 heteroatoms. The van der Waals surface area contributed by atoms with Crippen molar-refractivity contribution in [2.24, 2.45) is 5.41 Å². The van der Waals surface area contributed by atoms with Gasteiger partial charge in [-0.25, -0.2) is 14.7 Å². The van der Waals surface area contributed by atoms with E-state index in [2.05, 4.69) is 49.4 Å². The molecule has 1 spiro atoms. The van der Waals surface area contributed by atoms with Crippen LogP contribution in [0.15, 0.2) is 4.42 Å². The zero-order valence-corrected chi connectivity index (χ0v) is 23.0. The molecule has 2 N–H and O–H groups in total. The Morgan fingerprint density at radius 1 is 1.26 bits per heavy atom. The van der Waals surface area contributed by atoms with Crippen LogP contribution >= 0.6 is 0 Å². The molecule has 1 aliphatic carbocycles. The molecule has 196 valence electrons. The number of alkyl carbamates (subject to hydrolysis) is 1. The number of hydrogen-bond acceptors (Lipinski definition) is 8. The average Bonchev–Trinajstić information content (AvgIpc) is 3.21. The lowest BCUT2D eigenvalue weighted by molar-refractivity contribution is -0.0783. The van der Waals surface area contributed by atoms with E-state index in [0.717, 1.165) is 17.9 Å². The number of carbonyl (C=O) groups excluding carboxylic acids is 2. The van der Waals surface area contributed by atoms with E-state index in [1.54, 1.807) is 25.7 Å². The van der Waals surface area contributed by atoms with Crippen molar-refractivity contribution in [3.8, 4) is 0 Å². The van der Waals surface area contributed by atoms with Gasteiger partial charge in [-0.3, -0.25) is 5.21 Å². The summed E-state index contributed by atoms with van der Waals surface area (Å²) >= 11 is 0. The van der Waals surface area contributed by atoms with Gasteiger partial charge in [0.25, 0.3) is 0 Å². The molecule has 1 aromatic rings. The summed E-state index contributed by atoms with van der Waals surface area (Å²) in [6.07, 6.45) is 1.38. The summed E-state index contributed by atoms with van der Waals surface area (Å²) in [5.74, 6) is 0.579. The van der Waals surface area contributed by atoms with Crippen molar-refractivity contribution >= 4 is 20.4 Å². The summed E-state index contributed by atoms with van der Waals surface area (Å²) in [7, 11) is -2.27. The summed E-state index contributed by atoms with van der Waals surface area (Å²) in [6, 6.07) is -1.00. The van der Waals surface area contributed by atoms with Gasteiger partial charge in [-0.05, 0) is 63.6 Å². The summed E-state index contributed by atoms with van der Waals surface area (Å²) < 4.78 is 18.1. The molecule has 3 amide bonds. The van der Waals surface area contributed by atoms with Crippen LogP contribution in [0.1, 0.15) is 84.7 Å². The van der Waals surface area contributed by atoms with Gasteiger partial charge in [0.05, 0.1) is 12.6 Å². The largest absolute Gasteiger partial charge is 0.444 e. The minimum atomic E-state index is -2.27. The second-order valence-corrected chi connectivity index (χ2v) is 17.4. The highest BCUT2D eigenvalue weighted by Gasteiger charge is 2.63. The second kappa shape index (κ2) is 8.44. The molecule has 2 saturated heterocycles. The maximum Gasteiger partial charge on any atom is 0.407 e. The zero-order chi connectivity index (χ0) is 26.0. The average molecular weight is 510 g/mol. The highest BCUT2D eigenvalue weighted by molar-refractivity contribution is 6.74. The quantitative estimate of drug-likeness (QED) is 0.427. The summed E-state index contributed by atoms with van der Waals surface area (Å²) in [6.45, 7) is 16.6. The standard InChI is InChI=1S/C23H39N5O6Si/c1-21(2,3)33-19(29)24-12-15(34-35(7,8)22(4,5)6)18-26-25-17(32-18)14-11-23(9-10-23)16-13-27(14)20(30)28(16)31/h14-16,31H,9-13H2,1-8H3,(H,24,29)/t14-,15?,16-/m0/s1. The molecule has 2 bridgehead atoms. The van der Waals surface area contributed by atoms with Crippen molar-refractivity contribution < 1.29 is 28.4 Å². The van der Waals surface area contributed by atoms with Crippen LogP contribution in [0.2, 0.25) is 18.1 Å². The lowest BCUT2D eigenvalue weighted by atomic mass is 9.85. The Hall–Kier alpha value is -2.18. The molecule has 3 heterocycles. The molecule has 1 unspecified atom stereocenters. The first-order valence-electron chi connectivity index (χ1n) is 12.3. The fourth-order valence-corrected chi connectivity index (χ4v) is 5.83. The summed E-state index contributed by atoms with van der Waals surface area (Å²) in [4.78, 5) is 26.6. The maximum atomic E-state index is 12.6. The van der Waals surface area contributed by atoms with Gasteiger partial charge in [0.15, 0.2) is 8.32 Å². The van der Waals surface area contributed by atoms with E-state index in [-0.39, 0.29) is 28.9 Å². The van der Waals surface area contributed by atoms with Crippen molar-refractivity contribution in [3.63, 3.8) is 0 Å². The normalized spacial score (nSPS) is 24.7. The van der Waals surface area contributed by atoms with Gasteiger partial charge >= 0.3 is 12.1 Å². The van der Waals surface area contributed by atoms with Crippen LogP contribution in [0.3, 0.4) is 0 Å². The van der Waals surface area contributed by atoms with Gasteiger partial charge in [-0.2, -0.15) is 0 Å². The SMILES string of the molecule is CC(C)(C)OC(=O)NCC(O[Si](C)(C)C(C)(C)C)c1nnc([C@@H]2CC3(CC3)[C@@H]3CN2C(=O)N3O)o1. The highest BCUT2D eigenvalue weighted by Crippen LogP contribution is 2.61. The predicted octanol–water partition coefficient (Wildman–Crippen LogP) is 4.38. The number of hydroxylamine groups is 2. The molecular formula is C23H39N5O6Si. The van der Waals surface area contributed by atoms with Crippen LogP contribution in [0.25, 0.3) is 0 Å². The van der Waals surface area contributed by atoms with Crippen LogP contribution in [0.5, 0.6) is 0 Å². The highest BCUT2D eigenvalue weighted by atomic mass is 28.4. The number of piperidine rings is 1. The first-order chi connectivity index (χ1) is 16.0. The Morgan fingerprint density at radius 2 is 1.91 bits per heavy atom. The third kappa shape index (κ3) is 5.05. The maximum absolute atomic E-state index is 12.6. The molecule has 4 rings (SSSR count). The van der Waals surface area contributed by atoms with Crippen molar-refractivity contribution in [1.29, 1.82) is 0 Å². The Balaban J connectivity index is 1.56. The van der Waals surface area contributed by atoms with E-state index in [9.17, 15) is 14.8 Å². The number of nitrogens with zero attached hydrogens (tertiary/aromatic N) is 4. The van der Waals surface area contributed by atoms with Crippen molar-refractivity contribution in [2.75, 3.05) is 13.1 Å². The molecule has 35 heavy (non-hydrogen) atoms. The van der Waals surface area contributed by atoms with Gasteiger partial charge in [-0.1, -0.05) is 20.8 Å².